The standard InChI is InChI=1S/C18H21ClN2O2/c1-4-13-5-8-15(9-6-13)23-12-18(22)20-16-11-14(19)7-10-17(16)21(2)3/h5-11H,4,12H2,1-3H3,(H,20,22). The van der Waals surface area contributed by atoms with Gasteiger partial charge in [-0.15, -0.1) is 0 Å². The molecule has 5 heteroatoms. The number of aryl methyl sites for hydroxylation is 1. The van der Waals surface area contributed by atoms with Gasteiger partial charge in [0.25, 0.3) is 5.91 Å². The smallest absolute Gasteiger partial charge is 0.262 e. The number of carbonyl (C=O) groups is 1. The van der Waals surface area contributed by atoms with Gasteiger partial charge in [-0.1, -0.05) is 30.7 Å². The summed E-state index contributed by atoms with van der Waals surface area (Å²) < 4.78 is 5.51. The van der Waals surface area contributed by atoms with Crippen LogP contribution in [0.15, 0.2) is 42.5 Å². The Bertz CT molecular complexity index is 669. The van der Waals surface area contributed by atoms with Crippen molar-refractivity contribution in [1.82, 2.24) is 0 Å². The molecule has 0 atom stereocenters. The van der Waals surface area contributed by atoms with Crippen LogP contribution in [0.3, 0.4) is 0 Å². The van der Waals surface area contributed by atoms with Crippen LogP contribution in [0.25, 0.3) is 0 Å². The molecule has 0 bridgehead atoms. The van der Waals surface area contributed by atoms with Gasteiger partial charge >= 0.3 is 0 Å². The molecular weight excluding hydrogens is 312 g/mol. The largest absolute Gasteiger partial charge is 0.484 e. The van der Waals surface area contributed by atoms with Crippen molar-refractivity contribution < 1.29 is 9.53 Å². The highest BCUT2D eigenvalue weighted by molar-refractivity contribution is 6.31. The Kier molecular flexibility index (Phi) is 5.88. The molecule has 23 heavy (non-hydrogen) atoms. The fraction of sp³-hybridized carbons (Fsp3) is 0.278. The number of hydrogen-bond acceptors (Lipinski definition) is 3. The van der Waals surface area contributed by atoms with E-state index in [0.29, 0.717) is 16.5 Å². The Morgan fingerprint density at radius 1 is 1.17 bits per heavy atom. The number of anilines is 2. The number of rotatable bonds is 6. The average Bonchev–Trinajstić information content (AvgIpc) is 2.53. The first kappa shape index (κ1) is 17.2. The molecule has 2 rings (SSSR count). The summed E-state index contributed by atoms with van der Waals surface area (Å²) in [7, 11) is 3.81. The molecular formula is C18H21ClN2O2. The van der Waals surface area contributed by atoms with Crippen LogP contribution in [0, 0.1) is 0 Å². The number of nitrogens with zero attached hydrogens (tertiary/aromatic N) is 1. The zero-order chi connectivity index (χ0) is 16.8. The second kappa shape index (κ2) is 7.88. The van der Waals surface area contributed by atoms with Crippen molar-refractivity contribution in [3.05, 3.63) is 53.1 Å². The van der Waals surface area contributed by atoms with Gasteiger partial charge in [0, 0.05) is 19.1 Å². The van der Waals surface area contributed by atoms with Crippen LogP contribution in [0.1, 0.15) is 12.5 Å². The Hall–Kier alpha value is -2.20. The molecule has 0 fully saturated rings. The monoisotopic (exact) mass is 332 g/mol. The predicted molar refractivity (Wildman–Crippen MR) is 95.7 cm³/mol. The van der Waals surface area contributed by atoms with Crippen molar-refractivity contribution >= 4 is 28.9 Å². The highest BCUT2D eigenvalue weighted by atomic mass is 35.5. The van der Waals surface area contributed by atoms with Crippen LogP contribution in [0.4, 0.5) is 11.4 Å². The topological polar surface area (TPSA) is 41.6 Å². The molecule has 1 amide bonds. The van der Waals surface area contributed by atoms with E-state index >= 15 is 0 Å². The first-order chi connectivity index (χ1) is 11.0. The van der Waals surface area contributed by atoms with Crippen molar-refractivity contribution in [2.24, 2.45) is 0 Å². The molecule has 1 N–H and O–H groups in total. The van der Waals surface area contributed by atoms with E-state index < -0.39 is 0 Å². The Morgan fingerprint density at radius 3 is 2.48 bits per heavy atom. The van der Waals surface area contributed by atoms with E-state index in [2.05, 4.69) is 12.2 Å². The van der Waals surface area contributed by atoms with Gasteiger partial charge in [-0.05, 0) is 42.3 Å². The molecule has 0 unspecified atom stereocenters. The summed E-state index contributed by atoms with van der Waals surface area (Å²) in [5.41, 5.74) is 2.78. The summed E-state index contributed by atoms with van der Waals surface area (Å²) in [6.07, 6.45) is 0.975. The summed E-state index contributed by atoms with van der Waals surface area (Å²) >= 11 is 6.01. The summed E-state index contributed by atoms with van der Waals surface area (Å²) in [4.78, 5) is 14.0. The first-order valence-corrected chi connectivity index (χ1v) is 7.86. The van der Waals surface area contributed by atoms with Crippen molar-refractivity contribution in [2.45, 2.75) is 13.3 Å². The van der Waals surface area contributed by atoms with Crippen LogP contribution >= 0.6 is 11.6 Å². The molecule has 122 valence electrons. The maximum atomic E-state index is 12.1. The zero-order valence-electron chi connectivity index (χ0n) is 13.6. The quantitative estimate of drug-likeness (QED) is 0.869. The van der Waals surface area contributed by atoms with E-state index in [9.17, 15) is 4.79 Å². The number of halogens is 1. The maximum Gasteiger partial charge on any atom is 0.262 e. The zero-order valence-corrected chi connectivity index (χ0v) is 14.4. The van der Waals surface area contributed by atoms with Crippen LogP contribution in [-0.2, 0) is 11.2 Å². The van der Waals surface area contributed by atoms with Gasteiger partial charge in [-0.25, -0.2) is 0 Å². The number of hydrogen-bond donors (Lipinski definition) is 1. The van der Waals surface area contributed by atoms with Crippen LogP contribution in [0.5, 0.6) is 5.75 Å². The number of carbonyl (C=O) groups excluding carboxylic acids is 1. The van der Waals surface area contributed by atoms with Crippen molar-refractivity contribution in [1.29, 1.82) is 0 Å². The second-order valence-corrected chi connectivity index (χ2v) is 5.83. The minimum absolute atomic E-state index is 0.0507. The van der Waals surface area contributed by atoms with E-state index in [-0.39, 0.29) is 12.5 Å². The Labute approximate surface area is 142 Å². The molecule has 0 saturated heterocycles. The lowest BCUT2D eigenvalue weighted by atomic mass is 10.2. The summed E-state index contributed by atoms with van der Waals surface area (Å²) in [5.74, 6) is 0.450. The Morgan fingerprint density at radius 2 is 1.87 bits per heavy atom. The van der Waals surface area contributed by atoms with Gasteiger partial charge in [-0.3, -0.25) is 4.79 Å². The number of benzene rings is 2. The maximum absolute atomic E-state index is 12.1. The minimum atomic E-state index is -0.227. The number of ether oxygens (including phenoxy) is 1. The molecule has 0 spiro atoms. The van der Waals surface area contributed by atoms with Crippen molar-refractivity contribution in [3.63, 3.8) is 0 Å². The van der Waals surface area contributed by atoms with E-state index in [0.717, 1.165) is 12.1 Å². The molecule has 0 aliphatic carbocycles. The summed E-state index contributed by atoms with van der Waals surface area (Å²) in [6.45, 7) is 2.04. The van der Waals surface area contributed by atoms with Gasteiger partial charge in [0.1, 0.15) is 5.75 Å². The number of amides is 1. The van der Waals surface area contributed by atoms with Crippen molar-refractivity contribution in [3.8, 4) is 5.75 Å². The Balaban J connectivity index is 1.98. The molecule has 0 aliphatic heterocycles. The normalized spacial score (nSPS) is 10.3. The molecule has 2 aromatic carbocycles. The molecule has 0 heterocycles. The lowest BCUT2D eigenvalue weighted by Crippen LogP contribution is -2.22. The van der Waals surface area contributed by atoms with Gasteiger partial charge in [0.15, 0.2) is 6.61 Å². The molecule has 0 aliphatic rings. The predicted octanol–water partition coefficient (Wildman–Crippen LogP) is 3.99. The number of nitrogens with one attached hydrogen (secondary N) is 1. The molecule has 4 nitrogen and oxygen atoms in total. The van der Waals surface area contributed by atoms with Crippen molar-refractivity contribution in [2.75, 3.05) is 30.9 Å². The molecule has 0 aromatic heterocycles. The average molecular weight is 333 g/mol. The van der Waals surface area contributed by atoms with E-state index in [1.165, 1.54) is 5.56 Å². The van der Waals surface area contributed by atoms with Crippen LogP contribution in [0.2, 0.25) is 5.02 Å². The third kappa shape index (κ3) is 4.89. The summed E-state index contributed by atoms with van der Waals surface area (Å²) in [5, 5.41) is 3.41. The van der Waals surface area contributed by atoms with Gasteiger partial charge < -0.3 is 15.0 Å². The van der Waals surface area contributed by atoms with Gasteiger partial charge in [0.2, 0.25) is 0 Å². The first-order valence-electron chi connectivity index (χ1n) is 7.48. The lowest BCUT2D eigenvalue weighted by Gasteiger charge is -2.18. The third-order valence-corrected chi connectivity index (χ3v) is 3.65. The fourth-order valence-electron chi connectivity index (χ4n) is 2.15. The lowest BCUT2D eigenvalue weighted by molar-refractivity contribution is -0.118. The highest BCUT2D eigenvalue weighted by Gasteiger charge is 2.10. The van der Waals surface area contributed by atoms with E-state index in [1.54, 1.807) is 12.1 Å². The molecule has 0 radical (unpaired) electrons. The van der Waals surface area contributed by atoms with Crippen LogP contribution in [-0.4, -0.2) is 26.6 Å². The van der Waals surface area contributed by atoms with Gasteiger partial charge in [-0.2, -0.15) is 0 Å². The highest BCUT2D eigenvalue weighted by Crippen LogP contribution is 2.27. The van der Waals surface area contributed by atoms with E-state index in [4.69, 9.17) is 16.3 Å². The second-order valence-electron chi connectivity index (χ2n) is 5.39. The third-order valence-electron chi connectivity index (χ3n) is 3.42. The van der Waals surface area contributed by atoms with E-state index in [1.807, 2.05) is 49.3 Å². The minimum Gasteiger partial charge on any atom is -0.484 e. The summed E-state index contributed by atoms with van der Waals surface area (Å²) in [6, 6.07) is 13.1. The SMILES string of the molecule is CCc1ccc(OCC(=O)Nc2cc(Cl)ccc2N(C)C)cc1. The molecule has 2 aromatic rings. The molecule has 0 saturated carbocycles. The fourth-order valence-corrected chi connectivity index (χ4v) is 2.33. The van der Waals surface area contributed by atoms with Gasteiger partial charge in [0.05, 0.1) is 11.4 Å². The van der Waals surface area contributed by atoms with Crippen LogP contribution < -0.4 is 15.0 Å².